The van der Waals surface area contributed by atoms with E-state index in [1.807, 2.05) is 19.9 Å². The summed E-state index contributed by atoms with van der Waals surface area (Å²) in [6.07, 6.45) is 0. The first-order valence-corrected chi connectivity index (χ1v) is 4.83. The molecule has 3 heteroatoms. The molecule has 79 valence electrons. The molecule has 1 rings (SSSR count). The van der Waals surface area contributed by atoms with Crippen LogP contribution in [0.15, 0.2) is 18.2 Å². The number of hydrogen-bond acceptors (Lipinski definition) is 3. The third-order valence-electron chi connectivity index (χ3n) is 2.13. The molecule has 3 nitrogen and oxygen atoms in total. The molecule has 0 saturated carbocycles. The fourth-order valence-corrected chi connectivity index (χ4v) is 1.26. The van der Waals surface area contributed by atoms with Crippen molar-refractivity contribution in [3.8, 4) is 11.8 Å². The van der Waals surface area contributed by atoms with Gasteiger partial charge in [-0.15, -0.1) is 0 Å². The number of rotatable bonds is 4. The predicted molar refractivity (Wildman–Crippen MR) is 57.4 cm³/mol. The van der Waals surface area contributed by atoms with Crippen molar-refractivity contribution in [2.45, 2.75) is 13.8 Å². The molecule has 0 amide bonds. The zero-order valence-corrected chi connectivity index (χ0v) is 8.95. The maximum Gasteiger partial charge on any atom is 0.137 e. The van der Waals surface area contributed by atoms with Gasteiger partial charge in [-0.1, -0.05) is 13.0 Å². The number of nitrogens with zero attached hydrogens (tertiary/aromatic N) is 1. The van der Waals surface area contributed by atoms with Gasteiger partial charge in [0.25, 0.3) is 0 Å². The lowest BCUT2D eigenvalue weighted by molar-refractivity contribution is 0.314. The van der Waals surface area contributed by atoms with Crippen molar-refractivity contribution in [1.29, 1.82) is 5.26 Å². The van der Waals surface area contributed by atoms with Gasteiger partial charge in [-0.25, -0.2) is 0 Å². The van der Waals surface area contributed by atoms with Crippen molar-refractivity contribution in [2.24, 2.45) is 0 Å². The van der Waals surface area contributed by atoms with E-state index in [1.54, 1.807) is 12.1 Å². The van der Waals surface area contributed by atoms with Crippen molar-refractivity contribution >= 4 is 0 Å². The van der Waals surface area contributed by atoms with Gasteiger partial charge >= 0.3 is 0 Å². The number of ether oxygens (including phenoxy) is 1. The lowest BCUT2D eigenvalue weighted by Gasteiger charge is -2.10. The van der Waals surface area contributed by atoms with E-state index in [4.69, 9.17) is 15.1 Å². The van der Waals surface area contributed by atoms with Crippen LogP contribution in [0, 0.1) is 17.2 Å². The molecule has 1 aromatic rings. The van der Waals surface area contributed by atoms with E-state index in [-0.39, 0.29) is 6.61 Å². The molecule has 0 fully saturated rings. The molecule has 1 aromatic carbocycles. The lowest BCUT2D eigenvalue weighted by atomic mass is 10.00. The molecule has 0 aliphatic rings. The van der Waals surface area contributed by atoms with E-state index in [1.165, 1.54) is 0 Å². The van der Waals surface area contributed by atoms with Gasteiger partial charge in [0.1, 0.15) is 11.8 Å². The van der Waals surface area contributed by atoms with E-state index in [0.29, 0.717) is 17.9 Å². The van der Waals surface area contributed by atoms with E-state index < -0.39 is 0 Å². The number of nitriles is 1. The molecule has 0 bridgehead atoms. The topological polar surface area (TPSA) is 53.2 Å². The summed E-state index contributed by atoms with van der Waals surface area (Å²) in [5.41, 5.74) is 1.37. The second-order valence-electron chi connectivity index (χ2n) is 3.19. The van der Waals surface area contributed by atoms with Gasteiger partial charge < -0.3 is 9.84 Å². The summed E-state index contributed by atoms with van der Waals surface area (Å²) in [6, 6.07) is 7.42. The summed E-state index contributed by atoms with van der Waals surface area (Å²) >= 11 is 0. The quantitative estimate of drug-likeness (QED) is 0.814. The van der Waals surface area contributed by atoms with Gasteiger partial charge in [-0.3, -0.25) is 0 Å². The predicted octanol–water partition coefficient (Wildman–Crippen LogP) is 1.89. The van der Waals surface area contributed by atoms with Gasteiger partial charge in [0.15, 0.2) is 0 Å². The highest BCUT2D eigenvalue weighted by atomic mass is 16.5. The van der Waals surface area contributed by atoms with Gasteiger partial charge in [-0.2, -0.15) is 5.26 Å². The van der Waals surface area contributed by atoms with Crippen molar-refractivity contribution in [3.63, 3.8) is 0 Å². The van der Waals surface area contributed by atoms with E-state index in [9.17, 15) is 0 Å². The van der Waals surface area contributed by atoms with Gasteiger partial charge in [0.2, 0.25) is 0 Å². The van der Waals surface area contributed by atoms with Crippen LogP contribution in [0.4, 0.5) is 0 Å². The highest BCUT2D eigenvalue weighted by Crippen LogP contribution is 2.23. The molecule has 1 N–H and O–H groups in total. The van der Waals surface area contributed by atoms with Crippen LogP contribution >= 0.6 is 0 Å². The van der Waals surface area contributed by atoms with Crippen molar-refractivity contribution in [3.05, 3.63) is 35.2 Å². The number of aliphatic hydroxyl groups excluding tert-OH is 1. The summed E-state index contributed by atoms with van der Waals surface area (Å²) in [6.45, 7) is 4.24. The third-order valence-corrected chi connectivity index (χ3v) is 2.13. The standard InChI is InChI=1S/C12H14NO2/c1-3-15-12-5-4-10(9(2)8-14)6-11(12)7-13/h4-6,14H,3,8H2,1-2H3. The monoisotopic (exact) mass is 204 g/mol. The minimum absolute atomic E-state index is 0.00114. The Balaban J connectivity index is 3.03. The second-order valence-corrected chi connectivity index (χ2v) is 3.19. The van der Waals surface area contributed by atoms with Gasteiger partial charge in [-0.05, 0) is 24.6 Å². The fourth-order valence-electron chi connectivity index (χ4n) is 1.26. The third kappa shape index (κ3) is 2.71. The molecule has 0 unspecified atom stereocenters. The lowest BCUT2D eigenvalue weighted by Crippen LogP contribution is -2.01. The summed E-state index contributed by atoms with van der Waals surface area (Å²) < 4.78 is 5.30. The zero-order chi connectivity index (χ0) is 11.3. The maximum absolute atomic E-state index is 8.97. The molecular formula is C12H14NO2. The first kappa shape index (κ1) is 11.5. The summed E-state index contributed by atoms with van der Waals surface area (Å²) in [7, 11) is 0. The first-order valence-electron chi connectivity index (χ1n) is 4.83. The Kier molecular flexibility index (Phi) is 4.14. The Morgan fingerprint density at radius 1 is 1.53 bits per heavy atom. The molecule has 0 saturated heterocycles. The van der Waals surface area contributed by atoms with Crippen molar-refractivity contribution in [2.75, 3.05) is 13.2 Å². The van der Waals surface area contributed by atoms with Crippen LogP contribution in [0.3, 0.4) is 0 Å². The normalized spacial score (nSPS) is 10.1. The Labute approximate surface area is 89.9 Å². The summed E-state index contributed by atoms with van der Waals surface area (Å²) in [5, 5.41) is 17.9. The molecule has 0 atom stereocenters. The second kappa shape index (κ2) is 5.38. The zero-order valence-electron chi connectivity index (χ0n) is 8.95. The smallest absolute Gasteiger partial charge is 0.137 e. The molecule has 15 heavy (non-hydrogen) atoms. The molecule has 0 heterocycles. The van der Waals surface area contributed by atoms with Crippen LogP contribution in [-0.2, 0) is 0 Å². The average Bonchev–Trinajstić information content (AvgIpc) is 2.29. The van der Waals surface area contributed by atoms with Crippen LogP contribution < -0.4 is 4.74 Å². The molecule has 0 aromatic heterocycles. The number of hydrogen-bond donors (Lipinski definition) is 1. The maximum atomic E-state index is 8.97. The fraction of sp³-hybridized carbons (Fsp3) is 0.333. The van der Waals surface area contributed by atoms with Crippen LogP contribution in [0.25, 0.3) is 0 Å². The first-order chi connectivity index (χ1) is 7.22. The van der Waals surface area contributed by atoms with E-state index in [0.717, 1.165) is 11.5 Å². The molecule has 0 aliphatic heterocycles. The van der Waals surface area contributed by atoms with Gasteiger partial charge in [0, 0.05) is 5.92 Å². The Morgan fingerprint density at radius 3 is 2.80 bits per heavy atom. The summed E-state index contributed by atoms with van der Waals surface area (Å²) in [4.78, 5) is 0. The number of benzene rings is 1. The highest BCUT2D eigenvalue weighted by molar-refractivity contribution is 5.48. The molecule has 1 radical (unpaired) electrons. The van der Waals surface area contributed by atoms with Crippen LogP contribution in [0.5, 0.6) is 5.75 Å². The Hall–Kier alpha value is -1.53. The summed E-state index contributed by atoms with van der Waals surface area (Å²) in [5.74, 6) is 1.43. The van der Waals surface area contributed by atoms with Crippen LogP contribution in [0.1, 0.15) is 25.0 Å². The van der Waals surface area contributed by atoms with Crippen molar-refractivity contribution in [1.82, 2.24) is 0 Å². The molecular weight excluding hydrogens is 190 g/mol. The average molecular weight is 204 g/mol. The minimum Gasteiger partial charge on any atom is -0.492 e. The molecule has 0 spiro atoms. The van der Waals surface area contributed by atoms with Crippen molar-refractivity contribution < 1.29 is 9.84 Å². The van der Waals surface area contributed by atoms with Gasteiger partial charge in [0.05, 0.1) is 18.8 Å². The molecule has 0 aliphatic carbocycles. The number of aliphatic hydroxyl groups is 1. The van der Waals surface area contributed by atoms with Crippen LogP contribution in [0.2, 0.25) is 0 Å². The largest absolute Gasteiger partial charge is 0.492 e. The Morgan fingerprint density at radius 2 is 2.27 bits per heavy atom. The van der Waals surface area contributed by atoms with E-state index >= 15 is 0 Å². The highest BCUT2D eigenvalue weighted by Gasteiger charge is 2.09. The van der Waals surface area contributed by atoms with Crippen LogP contribution in [-0.4, -0.2) is 18.3 Å². The Bertz CT molecular complexity index is 368. The SMILES string of the molecule is CCOc1ccc([C](C)CO)cc1C#N. The van der Waals surface area contributed by atoms with E-state index in [2.05, 4.69) is 6.07 Å². The minimum atomic E-state index is -0.00114.